The number of nitrogens with zero attached hydrogens (tertiary/aromatic N) is 3. The Balaban J connectivity index is 2.11. The van der Waals surface area contributed by atoms with Gasteiger partial charge in [-0.1, -0.05) is 0 Å². The molecule has 0 radical (unpaired) electrons. The molecule has 0 amide bonds. The highest BCUT2D eigenvalue weighted by Crippen LogP contribution is 2.11. The van der Waals surface area contributed by atoms with Crippen LogP contribution in [0.1, 0.15) is 16.8 Å². The van der Waals surface area contributed by atoms with E-state index in [0.29, 0.717) is 24.6 Å². The van der Waals surface area contributed by atoms with Gasteiger partial charge < -0.3 is 10.3 Å². The van der Waals surface area contributed by atoms with Crippen LogP contribution in [0.25, 0.3) is 11.6 Å². The molecule has 6 nitrogen and oxygen atoms in total. The van der Waals surface area contributed by atoms with E-state index in [1.165, 1.54) is 0 Å². The van der Waals surface area contributed by atoms with Crippen LogP contribution >= 0.6 is 0 Å². The van der Waals surface area contributed by atoms with Crippen molar-refractivity contribution in [3.8, 4) is 11.6 Å². The maximum Gasteiger partial charge on any atom is 0.254 e. The molecule has 18 heavy (non-hydrogen) atoms. The van der Waals surface area contributed by atoms with Crippen LogP contribution in [-0.2, 0) is 13.0 Å². The Bertz CT molecular complexity index is 632. The zero-order chi connectivity index (χ0) is 12.5. The second kappa shape index (κ2) is 4.30. The van der Waals surface area contributed by atoms with Crippen LogP contribution in [0, 0.1) is 6.92 Å². The summed E-state index contributed by atoms with van der Waals surface area (Å²) in [6.45, 7) is 3.35. The van der Waals surface area contributed by atoms with E-state index in [1.807, 2.05) is 6.92 Å². The maximum atomic E-state index is 11.9. The van der Waals surface area contributed by atoms with E-state index in [2.05, 4.69) is 25.3 Å². The summed E-state index contributed by atoms with van der Waals surface area (Å²) >= 11 is 0. The normalized spacial score (nSPS) is 14.3. The first-order valence-corrected chi connectivity index (χ1v) is 5.86. The molecule has 92 valence electrons. The van der Waals surface area contributed by atoms with Crippen molar-refractivity contribution in [1.82, 2.24) is 25.3 Å². The molecule has 3 heterocycles. The number of aryl methyl sites for hydroxylation is 1. The summed E-state index contributed by atoms with van der Waals surface area (Å²) in [5, 5.41) is 3.20. The van der Waals surface area contributed by atoms with E-state index in [0.717, 1.165) is 23.4 Å². The first-order chi connectivity index (χ1) is 8.74. The first-order valence-electron chi connectivity index (χ1n) is 5.86. The largest absolute Gasteiger partial charge is 0.311 e. The number of rotatable bonds is 1. The summed E-state index contributed by atoms with van der Waals surface area (Å²) in [5.41, 5.74) is 2.45. The van der Waals surface area contributed by atoms with Crippen LogP contribution in [0.3, 0.4) is 0 Å². The van der Waals surface area contributed by atoms with Crippen molar-refractivity contribution in [3.63, 3.8) is 0 Å². The second-order valence-electron chi connectivity index (χ2n) is 4.35. The van der Waals surface area contributed by atoms with Gasteiger partial charge in [0.05, 0.1) is 5.69 Å². The molecule has 0 saturated heterocycles. The summed E-state index contributed by atoms with van der Waals surface area (Å²) in [6, 6.07) is 0. The third kappa shape index (κ3) is 1.91. The highest BCUT2D eigenvalue weighted by Gasteiger charge is 2.16. The molecule has 3 rings (SSSR count). The lowest BCUT2D eigenvalue weighted by atomic mass is 10.1. The monoisotopic (exact) mass is 243 g/mol. The lowest BCUT2D eigenvalue weighted by Crippen LogP contribution is -2.31. The third-order valence-corrected chi connectivity index (χ3v) is 2.94. The highest BCUT2D eigenvalue weighted by atomic mass is 16.1. The lowest BCUT2D eigenvalue weighted by Gasteiger charge is -2.15. The molecule has 0 aromatic carbocycles. The molecule has 0 unspecified atom stereocenters. The number of nitrogens with one attached hydrogen (secondary N) is 2. The number of hydrogen-bond donors (Lipinski definition) is 2. The standard InChI is InChI=1S/C12H13N5O/c1-7-4-14-10(15-5-7)11-16-9-6-13-3-2-8(9)12(18)17-11/h4-5,13H,2-3,6H2,1H3,(H,16,17,18). The van der Waals surface area contributed by atoms with Gasteiger partial charge in [-0.15, -0.1) is 0 Å². The first kappa shape index (κ1) is 11.0. The zero-order valence-corrected chi connectivity index (χ0v) is 10.0. The quantitative estimate of drug-likeness (QED) is 0.746. The summed E-state index contributed by atoms with van der Waals surface area (Å²) < 4.78 is 0. The van der Waals surface area contributed by atoms with Crippen molar-refractivity contribution >= 4 is 0 Å². The summed E-state index contributed by atoms with van der Waals surface area (Å²) in [6.07, 6.45) is 4.13. The minimum absolute atomic E-state index is 0.0827. The Labute approximate surface area is 104 Å². The fourth-order valence-electron chi connectivity index (χ4n) is 1.99. The molecule has 0 atom stereocenters. The molecule has 1 aliphatic rings. The van der Waals surface area contributed by atoms with Gasteiger partial charge in [-0.3, -0.25) is 4.79 Å². The fraction of sp³-hybridized carbons (Fsp3) is 0.333. The Kier molecular flexibility index (Phi) is 2.64. The van der Waals surface area contributed by atoms with Crippen molar-refractivity contribution < 1.29 is 0 Å². The van der Waals surface area contributed by atoms with Gasteiger partial charge in [0.15, 0.2) is 11.6 Å². The molecule has 0 spiro atoms. The highest BCUT2D eigenvalue weighted by molar-refractivity contribution is 5.43. The van der Waals surface area contributed by atoms with Gasteiger partial charge in [0, 0.05) is 24.5 Å². The minimum atomic E-state index is -0.0827. The van der Waals surface area contributed by atoms with E-state index >= 15 is 0 Å². The SMILES string of the molecule is Cc1cnc(-c2nc3c(c(=O)[nH]2)CCNC3)nc1. The van der Waals surface area contributed by atoms with E-state index in [-0.39, 0.29) is 5.56 Å². The maximum absolute atomic E-state index is 11.9. The molecule has 2 N–H and O–H groups in total. The zero-order valence-electron chi connectivity index (χ0n) is 10.0. The number of aromatic nitrogens is 4. The smallest absolute Gasteiger partial charge is 0.254 e. The van der Waals surface area contributed by atoms with E-state index in [9.17, 15) is 4.79 Å². The Morgan fingerprint density at radius 1 is 1.28 bits per heavy atom. The van der Waals surface area contributed by atoms with Crippen LogP contribution in [0.2, 0.25) is 0 Å². The van der Waals surface area contributed by atoms with Gasteiger partial charge >= 0.3 is 0 Å². The second-order valence-corrected chi connectivity index (χ2v) is 4.35. The molecule has 2 aromatic heterocycles. The lowest BCUT2D eigenvalue weighted by molar-refractivity contribution is 0.619. The molecule has 6 heteroatoms. The minimum Gasteiger partial charge on any atom is -0.311 e. The van der Waals surface area contributed by atoms with Gasteiger partial charge in [0.2, 0.25) is 0 Å². The van der Waals surface area contributed by atoms with E-state index in [1.54, 1.807) is 12.4 Å². The topological polar surface area (TPSA) is 83.6 Å². The molecule has 1 aliphatic heterocycles. The van der Waals surface area contributed by atoms with Gasteiger partial charge in [-0.2, -0.15) is 0 Å². The van der Waals surface area contributed by atoms with Gasteiger partial charge in [-0.25, -0.2) is 15.0 Å². The van der Waals surface area contributed by atoms with Gasteiger partial charge in [0.1, 0.15) is 0 Å². The van der Waals surface area contributed by atoms with Crippen LogP contribution in [0.15, 0.2) is 17.2 Å². The number of fused-ring (bicyclic) bond motifs is 1. The summed E-state index contributed by atoms with van der Waals surface area (Å²) in [7, 11) is 0. The molecule has 2 aromatic rings. The van der Waals surface area contributed by atoms with Crippen LogP contribution in [-0.4, -0.2) is 26.5 Å². The number of H-pyrrole nitrogens is 1. The fourth-order valence-corrected chi connectivity index (χ4v) is 1.99. The van der Waals surface area contributed by atoms with Crippen molar-refractivity contribution in [2.24, 2.45) is 0 Å². The van der Waals surface area contributed by atoms with Crippen molar-refractivity contribution in [2.45, 2.75) is 19.9 Å². The predicted molar refractivity (Wildman–Crippen MR) is 66.0 cm³/mol. The Hall–Kier alpha value is -2.08. The molecule has 0 aliphatic carbocycles. The number of hydrogen-bond acceptors (Lipinski definition) is 5. The average molecular weight is 243 g/mol. The Morgan fingerprint density at radius 3 is 2.83 bits per heavy atom. The molecule has 0 fully saturated rings. The van der Waals surface area contributed by atoms with E-state index in [4.69, 9.17) is 0 Å². The van der Waals surface area contributed by atoms with Crippen LogP contribution in [0.4, 0.5) is 0 Å². The molecule has 0 bridgehead atoms. The summed E-state index contributed by atoms with van der Waals surface area (Å²) in [5.74, 6) is 0.883. The predicted octanol–water partition coefficient (Wildman–Crippen LogP) is 0.181. The molecule has 0 saturated carbocycles. The molecular weight excluding hydrogens is 230 g/mol. The molecular formula is C12H13N5O. The van der Waals surface area contributed by atoms with E-state index < -0.39 is 0 Å². The Morgan fingerprint density at radius 2 is 2.06 bits per heavy atom. The van der Waals surface area contributed by atoms with Crippen molar-refractivity contribution in [2.75, 3.05) is 6.54 Å². The number of aromatic amines is 1. The van der Waals surface area contributed by atoms with Crippen LogP contribution in [0.5, 0.6) is 0 Å². The van der Waals surface area contributed by atoms with Crippen molar-refractivity contribution in [3.05, 3.63) is 39.6 Å². The van der Waals surface area contributed by atoms with Crippen molar-refractivity contribution in [1.29, 1.82) is 0 Å². The van der Waals surface area contributed by atoms with Gasteiger partial charge in [0.25, 0.3) is 5.56 Å². The summed E-state index contributed by atoms with van der Waals surface area (Å²) in [4.78, 5) is 27.5. The average Bonchev–Trinajstić information content (AvgIpc) is 2.39. The van der Waals surface area contributed by atoms with Crippen LogP contribution < -0.4 is 10.9 Å². The third-order valence-electron chi connectivity index (χ3n) is 2.94. The van der Waals surface area contributed by atoms with Gasteiger partial charge in [-0.05, 0) is 25.5 Å².